The predicted molar refractivity (Wildman–Crippen MR) is 68.5 cm³/mol. The summed E-state index contributed by atoms with van der Waals surface area (Å²) < 4.78 is 0. The first-order valence-electron chi connectivity index (χ1n) is 5.75. The number of hydrogen-bond donors (Lipinski definition) is 3. The van der Waals surface area contributed by atoms with E-state index in [0.29, 0.717) is 12.1 Å². The average Bonchev–Trinajstić information content (AvgIpc) is 2.28. The lowest BCUT2D eigenvalue weighted by Gasteiger charge is -2.27. The van der Waals surface area contributed by atoms with Crippen molar-refractivity contribution in [3.05, 3.63) is 29.8 Å². The van der Waals surface area contributed by atoms with Gasteiger partial charge in [0.2, 0.25) is 5.91 Å². The molecule has 1 amide bonds. The summed E-state index contributed by atoms with van der Waals surface area (Å²) in [6, 6.07) is 7.24. The smallest absolute Gasteiger partial charge is 0.224 e. The van der Waals surface area contributed by atoms with Crippen molar-refractivity contribution in [2.45, 2.75) is 32.2 Å². The van der Waals surface area contributed by atoms with Gasteiger partial charge in [-0.1, -0.05) is 19.1 Å². The highest BCUT2D eigenvalue weighted by Gasteiger charge is 2.22. The van der Waals surface area contributed by atoms with Gasteiger partial charge in [0.15, 0.2) is 0 Å². The number of hydrogen-bond acceptors (Lipinski definition) is 3. The van der Waals surface area contributed by atoms with Crippen LogP contribution in [0.2, 0.25) is 0 Å². The molecule has 4 N–H and O–H groups in total. The number of rotatable bonds is 5. The monoisotopic (exact) mass is 236 g/mol. The van der Waals surface area contributed by atoms with Gasteiger partial charge in [0.25, 0.3) is 0 Å². The lowest BCUT2D eigenvalue weighted by molar-refractivity contribution is -0.122. The number of nitrogen functional groups attached to an aromatic ring is 1. The number of nitrogens with two attached hydrogens (primary N) is 1. The maximum atomic E-state index is 11.8. The Morgan fingerprint density at radius 1 is 1.53 bits per heavy atom. The molecule has 1 unspecified atom stereocenters. The van der Waals surface area contributed by atoms with Crippen LogP contribution in [-0.4, -0.2) is 23.2 Å². The molecule has 1 aromatic rings. The minimum absolute atomic E-state index is 0.0633. The molecule has 1 aromatic carbocycles. The number of amides is 1. The zero-order chi connectivity index (χ0) is 12.9. The van der Waals surface area contributed by atoms with Crippen LogP contribution >= 0.6 is 0 Å². The molecule has 0 aliphatic heterocycles. The molecule has 0 radical (unpaired) electrons. The van der Waals surface area contributed by atoms with Crippen LogP contribution < -0.4 is 11.1 Å². The molecule has 1 rings (SSSR count). The van der Waals surface area contributed by atoms with E-state index in [2.05, 4.69) is 5.32 Å². The predicted octanol–water partition coefficient (Wildman–Crippen LogP) is 1.09. The molecular formula is C13H20N2O2. The highest BCUT2D eigenvalue weighted by atomic mass is 16.3. The Kier molecular flexibility index (Phi) is 4.52. The Bertz CT molecular complexity index is 387. The van der Waals surface area contributed by atoms with E-state index >= 15 is 0 Å². The van der Waals surface area contributed by atoms with E-state index in [4.69, 9.17) is 5.73 Å². The minimum Gasteiger partial charge on any atom is -0.399 e. The molecule has 94 valence electrons. The molecule has 0 fully saturated rings. The molecule has 0 saturated carbocycles. The zero-order valence-corrected chi connectivity index (χ0v) is 10.4. The third-order valence-corrected chi connectivity index (χ3v) is 2.89. The second kappa shape index (κ2) is 5.68. The third-order valence-electron chi connectivity index (χ3n) is 2.89. The van der Waals surface area contributed by atoms with Crippen LogP contribution in [0.25, 0.3) is 0 Å². The summed E-state index contributed by atoms with van der Waals surface area (Å²) in [5.41, 5.74) is 6.62. The first-order valence-corrected chi connectivity index (χ1v) is 5.75. The van der Waals surface area contributed by atoms with Crippen molar-refractivity contribution < 1.29 is 9.90 Å². The molecule has 1 atom stereocenters. The highest BCUT2D eigenvalue weighted by molar-refractivity contribution is 5.79. The number of nitrogens with one attached hydrogen (secondary N) is 1. The Balaban J connectivity index is 2.61. The molecule has 4 nitrogen and oxygen atoms in total. The van der Waals surface area contributed by atoms with Crippen LogP contribution in [-0.2, 0) is 11.2 Å². The molecule has 4 heteroatoms. The molecule has 0 aromatic heterocycles. The van der Waals surface area contributed by atoms with Crippen LogP contribution in [0.1, 0.15) is 25.8 Å². The minimum atomic E-state index is -0.544. The van der Waals surface area contributed by atoms with Crippen LogP contribution in [0, 0.1) is 0 Å². The summed E-state index contributed by atoms with van der Waals surface area (Å²) in [6.07, 6.45) is 0.965. The molecular weight excluding hydrogens is 216 g/mol. The number of aliphatic hydroxyl groups is 1. The van der Waals surface area contributed by atoms with Crippen molar-refractivity contribution in [1.82, 2.24) is 5.32 Å². The van der Waals surface area contributed by atoms with Gasteiger partial charge in [0, 0.05) is 5.69 Å². The van der Waals surface area contributed by atoms with E-state index in [1.807, 2.05) is 26.0 Å². The van der Waals surface area contributed by atoms with E-state index in [1.54, 1.807) is 12.1 Å². The van der Waals surface area contributed by atoms with Crippen molar-refractivity contribution in [1.29, 1.82) is 0 Å². The molecule has 0 saturated heterocycles. The summed E-state index contributed by atoms with van der Waals surface area (Å²) in [4.78, 5) is 11.8. The van der Waals surface area contributed by atoms with E-state index in [-0.39, 0.29) is 18.9 Å². The van der Waals surface area contributed by atoms with Gasteiger partial charge in [0.1, 0.15) is 0 Å². The van der Waals surface area contributed by atoms with E-state index in [1.165, 1.54) is 0 Å². The Hall–Kier alpha value is -1.55. The Morgan fingerprint density at radius 3 is 2.76 bits per heavy atom. The first-order chi connectivity index (χ1) is 7.99. The highest BCUT2D eigenvalue weighted by Crippen LogP contribution is 2.10. The molecule has 0 aliphatic rings. The van der Waals surface area contributed by atoms with Crippen molar-refractivity contribution in [3.63, 3.8) is 0 Å². The fraction of sp³-hybridized carbons (Fsp3) is 0.462. The second-order valence-corrected chi connectivity index (χ2v) is 4.54. The number of aliphatic hydroxyl groups excluding tert-OH is 1. The van der Waals surface area contributed by atoms with Gasteiger partial charge in [0.05, 0.1) is 18.6 Å². The summed E-state index contributed by atoms with van der Waals surface area (Å²) in [5.74, 6) is -0.103. The molecule has 17 heavy (non-hydrogen) atoms. The van der Waals surface area contributed by atoms with Gasteiger partial charge in [-0.2, -0.15) is 0 Å². The first kappa shape index (κ1) is 13.5. The number of anilines is 1. The SMILES string of the molecule is CCC(C)(CO)NC(=O)Cc1cccc(N)c1. The fourth-order valence-corrected chi connectivity index (χ4v) is 1.51. The zero-order valence-electron chi connectivity index (χ0n) is 10.4. The average molecular weight is 236 g/mol. The van der Waals surface area contributed by atoms with Gasteiger partial charge >= 0.3 is 0 Å². The Morgan fingerprint density at radius 2 is 2.24 bits per heavy atom. The maximum Gasteiger partial charge on any atom is 0.224 e. The largest absolute Gasteiger partial charge is 0.399 e. The van der Waals surface area contributed by atoms with Crippen molar-refractivity contribution in [2.24, 2.45) is 0 Å². The summed E-state index contributed by atoms with van der Waals surface area (Å²) in [7, 11) is 0. The van der Waals surface area contributed by atoms with Gasteiger partial charge in [-0.15, -0.1) is 0 Å². The molecule has 0 spiro atoms. The fourth-order valence-electron chi connectivity index (χ4n) is 1.51. The van der Waals surface area contributed by atoms with Crippen LogP contribution in [0.15, 0.2) is 24.3 Å². The lowest BCUT2D eigenvalue weighted by Crippen LogP contribution is -2.48. The second-order valence-electron chi connectivity index (χ2n) is 4.54. The van der Waals surface area contributed by atoms with Gasteiger partial charge in [-0.3, -0.25) is 4.79 Å². The van der Waals surface area contributed by atoms with E-state index < -0.39 is 5.54 Å². The van der Waals surface area contributed by atoms with Crippen LogP contribution in [0.3, 0.4) is 0 Å². The summed E-state index contributed by atoms with van der Waals surface area (Å²) >= 11 is 0. The Labute approximate surface area is 102 Å². The van der Waals surface area contributed by atoms with Crippen molar-refractivity contribution in [3.8, 4) is 0 Å². The normalized spacial score (nSPS) is 14.1. The quantitative estimate of drug-likeness (QED) is 0.670. The lowest BCUT2D eigenvalue weighted by atomic mass is 9.99. The van der Waals surface area contributed by atoms with Crippen LogP contribution in [0.4, 0.5) is 5.69 Å². The van der Waals surface area contributed by atoms with E-state index in [0.717, 1.165) is 5.56 Å². The van der Waals surface area contributed by atoms with Gasteiger partial charge < -0.3 is 16.2 Å². The standard InChI is InChI=1S/C13H20N2O2/c1-3-13(2,9-16)15-12(17)8-10-5-4-6-11(14)7-10/h4-7,16H,3,8-9,14H2,1-2H3,(H,15,17). The number of benzene rings is 1. The summed E-state index contributed by atoms with van der Waals surface area (Å²) in [6.45, 7) is 3.69. The van der Waals surface area contributed by atoms with E-state index in [9.17, 15) is 9.90 Å². The topological polar surface area (TPSA) is 75.3 Å². The molecule has 0 aliphatic carbocycles. The number of carbonyl (C=O) groups is 1. The third kappa shape index (κ3) is 4.07. The molecule has 0 bridgehead atoms. The molecule has 0 heterocycles. The summed E-state index contributed by atoms with van der Waals surface area (Å²) in [5, 5.41) is 12.0. The van der Waals surface area contributed by atoms with Crippen molar-refractivity contribution in [2.75, 3.05) is 12.3 Å². The van der Waals surface area contributed by atoms with Gasteiger partial charge in [-0.25, -0.2) is 0 Å². The maximum absolute atomic E-state index is 11.8. The van der Waals surface area contributed by atoms with Crippen molar-refractivity contribution >= 4 is 11.6 Å². The van der Waals surface area contributed by atoms with Crippen LogP contribution in [0.5, 0.6) is 0 Å². The number of carbonyl (C=O) groups excluding carboxylic acids is 1. The van der Waals surface area contributed by atoms with Gasteiger partial charge in [-0.05, 0) is 31.0 Å².